The summed E-state index contributed by atoms with van der Waals surface area (Å²) in [6.45, 7) is 2.11. The molecule has 1 aliphatic rings. The number of tetrazole rings is 1. The molecule has 3 aromatic rings. The minimum absolute atomic E-state index is 0.0270. The molecule has 1 aromatic heterocycles. The average molecular weight is 412 g/mol. The number of hydrogen-bond acceptors (Lipinski definition) is 8. The van der Waals surface area contributed by atoms with E-state index >= 15 is 0 Å². The van der Waals surface area contributed by atoms with Crippen LogP contribution >= 0.6 is 11.8 Å². The molecule has 0 spiro atoms. The van der Waals surface area contributed by atoms with Gasteiger partial charge in [0.15, 0.2) is 11.5 Å². The van der Waals surface area contributed by atoms with Crippen LogP contribution in [0.3, 0.4) is 0 Å². The summed E-state index contributed by atoms with van der Waals surface area (Å²) >= 11 is 1.13. The van der Waals surface area contributed by atoms with Gasteiger partial charge < -0.3 is 14.8 Å². The number of aromatic nitrogens is 4. The normalized spacial score (nSPS) is 11.9. The standard InChI is InChI=1S/C18H16N6O4S/c1-11-3-2-4-13(7-11)24-18(21-22-23-24)29-9-16(25)20-17(26)19-12-5-6-14-15(8-12)28-10-27-14/h2-8H,9-10H2,1H3,(H2,19,20,25,26). The van der Waals surface area contributed by atoms with Gasteiger partial charge in [-0.15, -0.1) is 5.10 Å². The summed E-state index contributed by atoms with van der Waals surface area (Å²) in [5.41, 5.74) is 2.33. The monoisotopic (exact) mass is 412 g/mol. The Morgan fingerprint density at radius 3 is 2.90 bits per heavy atom. The zero-order chi connectivity index (χ0) is 20.2. The van der Waals surface area contributed by atoms with Crippen molar-refractivity contribution in [3.05, 3.63) is 48.0 Å². The molecule has 0 bridgehead atoms. The maximum atomic E-state index is 12.1. The van der Waals surface area contributed by atoms with Crippen LogP contribution in [0.15, 0.2) is 47.6 Å². The first-order chi connectivity index (χ1) is 14.1. The molecule has 0 atom stereocenters. The first-order valence-corrected chi connectivity index (χ1v) is 9.56. The van der Waals surface area contributed by atoms with Crippen molar-refractivity contribution in [2.75, 3.05) is 17.9 Å². The van der Waals surface area contributed by atoms with Crippen molar-refractivity contribution in [1.29, 1.82) is 0 Å². The molecule has 0 saturated carbocycles. The minimum atomic E-state index is -0.646. The first kappa shape index (κ1) is 18.7. The van der Waals surface area contributed by atoms with E-state index in [-0.39, 0.29) is 12.5 Å². The van der Waals surface area contributed by atoms with Crippen molar-refractivity contribution >= 4 is 29.4 Å². The van der Waals surface area contributed by atoms with E-state index in [1.165, 1.54) is 4.68 Å². The Balaban J connectivity index is 1.31. The Hall–Kier alpha value is -3.60. The molecule has 0 aliphatic carbocycles. The lowest BCUT2D eigenvalue weighted by Gasteiger charge is -2.08. The number of ether oxygens (including phenoxy) is 2. The highest BCUT2D eigenvalue weighted by molar-refractivity contribution is 7.99. The summed E-state index contributed by atoms with van der Waals surface area (Å²) in [5.74, 6) is 0.635. The van der Waals surface area contributed by atoms with Crippen LogP contribution in [0.1, 0.15) is 5.56 Å². The van der Waals surface area contributed by atoms with Crippen molar-refractivity contribution in [2.45, 2.75) is 12.1 Å². The first-order valence-electron chi connectivity index (χ1n) is 8.57. The van der Waals surface area contributed by atoms with Crippen LogP contribution in [-0.4, -0.2) is 44.7 Å². The van der Waals surface area contributed by atoms with Crippen molar-refractivity contribution in [1.82, 2.24) is 25.5 Å². The molecule has 10 nitrogen and oxygen atoms in total. The summed E-state index contributed by atoms with van der Waals surface area (Å²) in [4.78, 5) is 24.2. The lowest BCUT2D eigenvalue weighted by molar-refractivity contribution is -0.117. The predicted molar refractivity (Wildman–Crippen MR) is 104 cm³/mol. The SMILES string of the molecule is Cc1cccc(-n2nnnc2SCC(=O)NC(=O)Nc2ccc3c(c2)OCO3)c1. The van der Waals surface area contributed by atoms with Gasteiger partial charge in [0.2, 0.25) is 17.9 Å². The number of nitrogens with one attached hydrogen (secondary N) is 2. The van der Waals surface area contributed by atoms with Crippen LogP contribution in [0.5, 0.6) is 11.5 Å². The van der Waals surface area contributed by atoms with Crippen molar-refractivity contribution < 1.29 is 19.1 Å². The molecule has 2 heterocycles. The summed E-state index contributed by atoms with van der Waals surface area (Å²) < 4.78 is 12.0. The third-order valence-electron chi connectivity index (χ3n) is 3.90. The van der Waals surface area contributed by atoms with E-state index < -0.39 is 11.9 Å². The van der Waals surface area contributed by atoms with Crippen LogP contribution in [0.2, 0.25) is 0 Å². The van der Waals surface area contributed by atoms with Crippen LogP contribution in [-0.2, 0) is 4.79 Å². The Labute approximate surface area is 169 Å². The molecular formula is C18H16N6O4S. The van der Waals surface area contributed by atoms with Crippen molar-refractivity contribution in [2.24, 2.45) is 0 Å². The fraction of sp³-hybridized carbons (Fsp3) is 0.167. The van der Waals surface area contributed by atoms with Gasteiger partial charge >= 0.3 is 6.03 Å². The molecule has 11 heteroatoms. The number of anilines is 1. The van der Waals surface area contributed by atoms with Crippen molar-refractivity contribution in [3.8, 4) is 17.2 Å². The van der Waals surface area contributed by atoms with Gasteiger partial charge in [-0.3, -0.25) is 10.1 Å². The van der Waals surface area contributed by atoms with E-state index in [0.29, 0.717) is 22.3 Å². The van der Waals surface area contributed by atoms with Crippen LogP contribution in [0.4, 0.5) is 10.5 Å². The van der Waals surface area contributed by atoms with E-state index in [1.54, 1.807) is 18.2 Å². The molecular weight excluding hydrogens is 396 g/mol. The summed E-state index contributed by atoms with van der Waals surface area (Å²) in [6.07, 6.45) is 0. The molecule has 3 amide bonds. The second-order valence-electron chi connectivity index (χ2n) is 6.07. The van der Waals surface area contributed by atoms with Gasteiger partial charge in [-0.25, -0.2) is 4.79 Å². The molecule has 148 valence electrons. The van der Waals surface area contributed by atoms with E-state index in [9.17, 15) is 9.59 Å². The van der Waals surface area contributed by atoms with Crippen molar-refractivity contribution in [3.63, 3.8) is 0 Å². The lowest BCUT2D eigenvalue weighted by Crippen LogP contribution is -2.35. The molecule has 0 radical (unpaired) electrons. The lowest BCUT2D eigenvalue weighted by atomic mass is 10.2. The Morgan fingerprint density at radius 1 is 1.17 bits per heavy atom. The van der Waals surface area contributed by atoms with E-state index in [0.717, 1.165) is 23.0 Å². The Kier molecular flexibility index (Phi) is 5.29. The Bertz CT molecular complexity index is 1070. The van der Waals surface area contributed by atoms with E-state index in [1.807, 2.05) is 31.2 Å². The second kappa shape index (κ2) is 8.19. The number of thioether (sulfide) groups is 1. The zero-order valence-corrected chi connectivity index (χ0v) is 16.1. The fourth-order valence-electron chi connectivity index (χ4n) is 2.62. The quantitative estimate of drug-likeness (QED) is 0.612. The highest BCUT2D eigenvalue weighted by Gasteiger charge is 2.16. The number of aryl methyl sites for hydroxylation is 1. The van der Waals surface area contributed by atoms with Gasteiger partial charge in [0.25, 0.3) is 0 Å². The van der Waals surface area contributed by atoms with Gasteiger partial charge in [0.05, 0.1) is 11.4 Å². The number of benzene rings is 2. The molecule has 2 aromatic carbocycles. The largest absolute Gasteiger partial charge is 0.454 e. The van der Waals surface area contributed by atoms with Gasteiger partial charge in [-0.1, -0.05) is 23.9 Å². The van der Waals surface area contributed by atoms with Crippen LogP contribution in [0, 0.1) is 6.92 Å². The third kappa shape index (κ3) is 4.46. The van der Waals surface area contributed by atoms with Gasteiger partial charge in [0, 0.05) is 11.8 Å². The van der Waals surface area contributed by atoms with Gasteiger partial charge in [0.1, 0.15) is 0 Å². The molecule has 0 fully saturated rings. The molecule has 29 heavy (non-hydrogen) atoms. The number of amides is 3. The second-order valence-corrected chi connectivity index (χ2v) is 7.01. The fourth-order valence-corrected chi connectivity index (χ4v) is 3.31. The maximum Gasteiger partial charge on any atom is 0.325 e. The predicted octanol–water partition coefficient (Wildman–Crippen LogP) is 2.14. The third-order valence-corrected chi connectivity index (χ3v) is 4.82. The summed E-state index contributed by atoms with van der Waals surface area (Å²) in [6, 6.07) is 12.0. The van der Waals surface area contributed by atoms with Gasteiger partial charge in [-0.2, -0.15) is 4.68 Å². The minimum Gasteiger partial charge on any atom is -0.454 e. The van der Waals surface area contributed by atoms with E-state index in [2.05, 4.69) is 26.2 Å². The number of urea groups is 1. The topological polar surface area (TPSA) is 120 Å². The molecule has 0 saturated heterocycles. The van der Waals surface area contributed by atoms with Crippen LogP contribution in [0.25, 0.3) is 5.69 Å². The zero-order valence-electron chi connectivity index (χ0n) is 15.3. The summed E-state index contributed by atoms with van der Waals surface area (Å²) in [5, 5.41) is 16.8. The number of fused-ring (bicyclic) bond motifs is 1. The molecule has 2 N–H and O–H groups in total. The smallest absolute Gasteiger partial charge is 0.325 e. The average Bonchev–Trinajstić information content (AvgIpc) is 3.35. The molecule has 1 aliphatic heterocycles. The highest BCUT2D eigenvalue weighted by atomic mass is 32.2. The summed E-state index contributed by atoms with van der Waals surface area (Å²) in [7, 11) is 0. The number of carbonyl (C=O) groups excluding carboxylic acids is 2. The number of nitrogens with zero attached hydrogens (tertiary/aromatic N) is 4. The Morgan fingerprint density at radius 2 is 2.03 bits per heavy atom. The number of rotatable bonds is 5. The maximum absolute atomic E-state index is 12.1. The highest BCUT2D eigenvalue weighted by Crippen LogP contribution is 2.34. The number of imide groups is 1. The number of hydrogen-bond donors (Lipinski definition) is 2. The van der Waals surface area contributed by atoms with E-state index in [4.69, 9.17) is 9.47 Å². The molecule has 4 rings (SSSR count). The molecule has 0 unspecified atom stereocenters. The number of carbonyl (C=O) groups is 2. The van der Waals surface area contributed by atoms with Crippen LogP contribution < -0.4 is 20.1 Å². The van der Waals surface area contributed by atoms with Gasteiger partial charge in [-0.05, 0) is 47.2 Å².